The van der Waals surface area contributed by atoms with E-state index >= 15 is 0 Å². The van der Waals surface area contributed by atoms with Gasteiger partial charge in [-0.2, -0.15) is 5.26 Å². The molecule has 1 heterocycles. The molecular weight excluding hydrogens is 705 g/mol. The number of aromatic nitrogens is 3. The molecule has 2 rings (SSSR count). The first-order valence-corrected chi connectivity index (χ1v) is 24.5. The molecule has 2 aromatic rings. The van der Waals surface area contributed by atoms with Crippen LogP contribution in [-0.4, -0.2) is 34.8 Å². The number of nitrogens with zero attached hydrogens (tertiary/aromatic N) is 4. The Morgan fingerprint density at radius 1 is 0.491 bits per heavy atom. The highest BCUT2D eigenvalue weighted by Crippen LogP contribution is 2.40. The summed E-state index contributed by atoms with van der Waals surface area (Å²) < 4.78 is 21.7. The highest BCUT2D eigenvalue weighted by atomic mass is 16.5. The lowest BCUT2D eigenvalue weighted by Gasteiger charge is -2.19. The topological polar surface area (TPSA) is 82.2 Å². The van der Waals surface area contributed by atoms with Crippen LogP contribution in [0.3, 0.4) is 0 Å². The molecule has 0 aliphatic carbocycles. The molecule has 1 aromatic carbocycles. The van der Waals surface area contributed by atoms with Crippen molar-refractivity contribution in [2.45, 2.75) is 246 Å². The van der Waals surface area contributed by atoms with Crippen molar-refractivity contribution >= 4 is 0 Å². The van der Waals surface area contributed by atoms with Gasteiger partial charge < -0.3 is 14.2 Å². The van der Waals surface area contributed by atoms with Gasteiger partial charge in [-0.25, -0.2) is 4.68 Å². The minimum Gasteiger partial charge on any atom is -0.490 e. The van der Waals surface area contributed by atoms with E-state index in [1.54, 1.807) is 0 Å². The summed E-state index contributed by atoms with van der Waals surface area (Å²) in [7, 11) is 0. The van der Waals surface area contributed by atoms with Gasteiger partial charge in [0.15, 0.2) is 11.5 Å². The van der Waals surface area contributed by atoms with E-state index in [9.17, 15) is 0 Å². The van der Waals surface area contributed by atoms with Crippen LogP contribution in [0, 0.1) is 11.3 Å². The van der Waals surface area contributed by atoms with Gasteiger partial charge in [0.05, 0.1) is 38.1 Å². The van der Waals surface area contributed by atoms with Crippen LogP contribution >= 0.6 is 0 Å². The minimum atomic E-state index is 0.589. The standard InChI is InChI=1S/C50H88N4O3/c1-4-7-10-13-16-19-22-25-28-34-39-55-48-42-46(44-54-45-47(52-53-54)37-32-31-33-38-51)43-49(56-40-35-29-26-23-20-17-14-11-8-5-2)50(48)57-41-36-30-27-24-21-18-15-12-9-6-3/h42-43,45H,4-37,39-41,44H2,1-3H3. The summed E-state index contributed by atoms with van der Waals surface area (Å²) in [5, 5.41) is 17.8. The Morgan fingerprint density at radius 2 is 0.877 bits per heavy atom. The molecule has 7 nitrogen and oxygen atoms in total. The van der Waals surface area contributed by atoms with Crippen molar-refractivity contribution in [2.75, 3.05) is 19.8 Å². The van der Waals surface area contributed by atoms with Crippen LogP contribution in [-0.2, 0) is 13.0 Å². The van der Waals surface area contributed by atoms with Crippen LogP contribution in [0.25, 0.3) is 0 Å². The summed E-state index contributed by atoms with van der Waals surface area (Å²) in [4.78, 5) is 0. The average molecular weight is 793 g/mol. The molecule has 0 saturated heterocycles. The predicted octanol–water partition coefficient (Wildman–Crippen LogP) is 15.5. The lowest BCUT2D eigenvalue weighted by atomic mass is 10.1. The Morgan fingerprint density at radius 3 is 1.28 bits per heavy atom. The molecule has 0 N–H and O–H groups in total. The third-order valence-corrected chi connectivity index (χ3v) is 11.2. The number of hydrogen-bond donors (Lipinski definition) is 0. The van der Waals surface area contributed by atoms with E-state index in [0.717, 1.165) is 67.0 Å². The number of aryl methyl sites for hydroxylation is 1. The summed E-state index contributed by atoms with van der Waals surface area (Å²) in [5.74, 6) is 2.36. The van der Waals surface area contributed by atoms with Crippen molar-refractivity contribution in [1.29, 1.82) is 5.26 Å². The Bertz CT molecular complexity index is 1180. The van der Waals surface area contributed by atoms with Gasteiger partial charge in [0.2, 0.25) is 5.75 Å². The number of hydrogen-bond acceptors (Lipinski definition) is 6. The smallest absolute Gasteiger partial charge is 0.203 e. The maximum Gasteiger partial charge on any atom is 0.203 e. The Kier molecular flexibility index (Phi) is 33.2. The minimum absolute atomic E-state index is 0.589. The molecule has 1 aromatic heterocycles. The largest absolute Gasteiger partial charge is 0.490 e. The lowest BCUT2D eigenvalue weighted by Crippen LogP contribution is -2.08. The van der Waals surface area contributed by atoms with Gasteiger partial charge in [0.25, 0.3) is 0 Å². The van der Waals surface area contributed by atoms with Gasteiger partial charge in [-0.05, 0) is 56.2 Å². The quantitative estimate of drug-likeness (QED) is 0.0623. The van der Waals surface area contributed by atoms with Gasteiger partial charge in [0.1, 0.15) is 0 Å². The second-order valence-electron chi connectivity index (χ2n) is 16.8. The molecule has 0 saturated carbocycles. The van der Waals surface area contributed by atoms with E-state index in [4.69, 9.17) is 19.5 Å². The zero-order valence-electron chi connectivity index (χ0n) is 37.6. The fourth-order valence-corrected chi connectivity index (χ4v) is 7.61. The highest BCUT2D eigenvalue weighted by molar-refractivity contribution is 5.54. The first-order chi connectivity index (χ1) is 28.2. The highest BCUT2D eigenvalue weighted by Gasteiger charge is 2.17. The van der Waals surface area contributed by atoms with Crippen LogP contribution in [0.5, 0.6) is 17.2 Å². The van der Waals surface area contributed by atoms with E-state index in [-0.39, 0.29) is 0 Å². The zero-order valence-corrected chi connectivity index (χ0v) is 37.6. The third-order valence-electron chi connectivity index (χ3n) is 11.2. The normalized spacial score (nSPS) is 11.3. The summed E-state index contributed by atoms with van der Waals surface area (Å²) in [5.41, 5.74) is 2.05. The van der Waals surface area contributed by atoms with E-state index in [1.165, 1.54) is 173 Å². The maximum atomic E-state index is 8.90. The molecule has 0 radical (unpaired) electrons. The van der Waals surface area contributed by atoms with Crippen LogP contribution in [0.2, 0.25) is 0 Å². The van der Waals surface area contributed by atoms with E-state index in [2.05, 4.69) is 49.3 Å². The van der Waals surface area contributed by atoms with Crippen LogP contribution < -0.4 is 14.2 Å². The summed E-state index contributed by atoms with van der Waals surface area (Å²) >= 11 is 0. The molecule has 7 heteroatoms. The van der Waals surface area contributed by atoms with Crippen LogP contribution in [0.4, 0.5) is 0 Å². The van der Waals surface area contributed by atoms with Crippen molar-refractivity contribution in [3.8, 4) is 23.3 Å². The lowest BCUT2D eigenvalue weighted by molar-refractivity contribution is 0.233. The Labute approximate surface area is 351 Å². The molecule has 0 bridgehead atoms. The number of ether oxygens (including phenoxy) is 3. The molecule has 0 unspecified atom stereocenters. The molecule has 0 fully saturated rings. The van der Waals surface area contributed by atoms with Gasteiger partial charge in [0, 0.05) is 12.6 Å². The molecule has 0 aliphatic heterocycles. The second-order valence-corrected chi connectivity index (χ2v) is 16.8. The molecule has 326 valence electrons. The van der Waals surface area contributed by atoms with Crippen LogP contribution in [0.15, 0.2) is 18.3 Å². The first kappa shape index (κ1) is 50.4. The maximum absolute atomic E-state index is 8.90. The van der Waals surface area contributed by atoms with E-state index in [0.29, 0.717) is 32.8 Å². The van der Waals surface area contributed by atoms with Crippen molar-refractivity contribution in [3.63, 3.8) is 0 Å². The van der Waals surface area contributed by atoms with Gasteiger partial charge in [-0.3, -0.25) is 0 Å². The number of rotatable bonds is 42. The van der Waals surface area contributed by atoms with Gasteiger partial charge >= 0.3 is 0 Å². The van der Waals surface area contributed by atoms with Crippen molar-refractivity contribution in [1.82, 2.24) is 15.0 Å². The molecule has 0 amide bonds. The predicted molar refractivity (Wildman–Crippen MR) is 241 cm³/mol. The average Bonchev–Trinajstić information content (AvgIpc) is 3.67. The van der Waals surface area contributed by atoms with Gasteiger partial charge in [-0.15, -0.1) is 5.10 Å². The SMILES string of the molecule is CCCCCCCCCCCCOc1cc(Cn2cc(CCCCC#N)nn2)cc(OCCCCCCCCCCCC)c1OCCCCCCCCCCCC. The summed E-state index contributed by atoms with van der Waals surface area (Å²) in [6, 6.07) is 6.53. The molecule has 57 heavy (non-hydrogen) atoms. The Balaban J connectivity index is 2.05. The zero-order chi connectivity index (χ0) is 40.7. The van der Waals surface area contributed by atoms with Crippen LogP contribution in [0.1, 0.15) is 244 Å². The molecular formula is C50H88N4O3. The fourth-order valence-electron chi connectivity index (χ4n) is 7.61. The molecule has 0 atom stereocenters. The van der Waals surface area contributed by atoms with Crippen molar-refractivity contribution in [3.05, 3.63) is 29.6 Å². The Hall–Kier alpha value is -2.75. The number of nitriles is 1. The third kappa shape index (κ3) is 27.6. The van der Waals surface area contributed by atoms with Gasteiger partial charge in [-0.1, -0.05) is 199 Å². The summed E-state index contributed by atoms with van der Waals surface area (Å²) in [6.07, 6.45) is 44.4. The van der Waals surface area contributed by atoms with Crippen molar-refractivity contribution < 1.29 is 14.2 Å². The van der Waals surface area contributed by atoms with E-state index in [1.807, 2.05) is 10.9 Å². The monoisotopic (exact) mass is 793 g/mol. The second kappa shape index (κ2) is 37.5. The van der Waals surface area contributed by atoms with Crippen molar-refractivity contribution in [2.24, 2.45) is 0 Å². The summed E-state index contributed by atoms with van der Waals surface area (Å²) in [6.45, 7) is 9.49. The fraction of sp³-hybridized carbons (Fsp3) is 0.820. The number of benzene rings is 1. The first-order valence-electron chi connectivity index (χ1n) is 24.5. The molecule has 0 spiro atoms. The van der Waals surface area contributed by atoms with E-state index < -0.39 is 0 Å². The molecule has 0 aliphatic rings. The number of unbranched alkanes of at least 4 members (excludes halogenated alkanes) is 29.